The summed E-state index contributed by atoms with van der Waals surface area (Å²) in [4.78, 5) is 2.46. The molecule has 1 N–H and O–H groups in total. The molecule has 3 atom stereocenters. The van der Waals surface area contributed by atoms with Crippen molar-refractivity contribution in [2.75, 3.05) is 19.9 Å². The van der Waals surface area contributed by atoms with Crippen LogP contribution in [0.25, 0.3) is 5.57 Å². The Bertz CT molecular complexity index is 802. The number of ether oxygens (including phenoxy) is 4. The molecule has 1 aromatic carbocycles. The van der Waals surface area contributed by atoms with Crippen molar-refractivity contribution in [3.05, 3.63) is 29.0 Å². The highest BCUT2D eigenvalue weighted by Gasteiger charge is 2.56. The predicted octanol–water partition coefficient (Wildman–Crippen LogP) is 3.24. The largest absolute Gasteiger partial charge is 0.509 e. The molecule has 0 aromatic heterocycles. The fraction of sp³-hybridized carbons (Fsp3) is 0.619. The van der Waals surface area contributed by atoms with Gasteiger partial charge in [0.15, 0.2) is 17.3 Å². The van der Waals surface area contributed by atoms with E-state index in [0.29, 0.717) is 5.76 Å². The van der Waals surface area contributed by atoms with Crippen molar-refractivity contribution in [1.82, 2.24) is 4.90 Å². The van der Waals surface area contributed by atoms with Crippen LogP contribution in [0.5, 0.6) is 11.5 Å². The minimum atomic E-state index is -0.685. The van der Waals surface area contributed by atoms with E-state index in [0.717, 1.165) is 55.0 Å². The van der Waals surface area contributed by atoms with Crippen LogP contribution < -0.4 is 9.47 Å². The van der Waals surface area contributed by atoms with Crippen molar-refractivity contribution >= 4 is 5.57 Å². The normalized spacial score (nSPS) is 30.9. The first kappa shape index (κ1) is 17.3. The minimum absolute atomic E-state index is 0.00931. The Morgan fingerprint density at radius 1 is 1.19 bits per heavy atom. The second-order valence-corrected chi connectivity index (χ2v) is 8.27. The fourth-order valence-electron chi connectivity index (χ4n) is 4.85. The second kappa shape index (κ2) is 6.12. The van der Waals surface area contributed by atoms with Crippen LogP contribution >= 0.6 is 0 Å². The summed E-state index contributed by atoms with van der Waals surface area (Å²) in [5, 5.41) is 11.2. The Balaban J connectivity index is 1.63. The van der Waals surface area contributed by atoms with Crippen LogP contribution in [0, 0.1) is 0 Å². The van der Waals surface area contributed by atoms with Crippen molar-refractivity contribution in [2.24, 2.45) is 0 Å². The lowest BCUT2D eigenvalue weighted by atomic mass is 9.94. The summed E-state index contributed by atoms with van der Waals surface area (Å²) in [6, 6.07) is 4.08. The molecule has 0 radical (unpaired) electrons. The van der Waals surface area contributed by atoms with E-state index in [1.54, 1.807) is 0 Å². The number of fused-ring (bicyclic) bond motifs is 6. The van der Waals surface area contributed by atoms with Gasteiger partial charge in [0, 0.05) is 12.1 Å². The summed E-state index contributed by atoms with van der Waals surface area (Å²) in [6.07, 6.45) is 2.55. The maximum Gasteiger partial charge on any atom is 0.231 e. The van der Waals surface area contributed by atoms with Gasteiger partial charge in [0.25, 0.3) is 0 Å². The quantitative estimate of drug-likeness (QED) is 0.878. The molecular weight excluding hydrogens is 346 g/mol. The molecule has 0 amide bonds. The molecule has 6 heteroatoms. The second-order valence-electron chi connectivity index (χ2n) is 8.27. The molecule has 5 rings (SSSR count). The zero-order valence-corrected chi connectivity index (χ0v) is 16.2. The molecule has 0 spiro atoms. The van der Waals surface area contributed by atoms with E-state index in [1.807, 2.05) is 19.9 Å². The highest BCUT2D eigenvalue weighted by molar-refractivity contribution is 5.80. The van der Waals surface area contributed by atoms with E-state index in [2.05, 4.69) is 17.9 Å². The van der Waals surface area contributed by atoms with Gasteiger partial charge in [0.1, 0.15) is 18.0 Å². The van der Waals surface area contributed by atoms with Crippen LogP contribution in [0.4, 0.5) is 0 Å². The summed E-state index contributed by atoms with van der Waals surface area (Å²) >= 11 is 0. The lowest BCUT2D eigenvalue weighted by Crippen LogP contribution is -2.45. The third-order valence-corrected chi connectivity index (χ3v) is 6.03. The van der Waals surface area contributed by atoms with E-state index < -0.39 is 11.9 Å². The molecule has 146 valence electrons. The highest BCUT2D eigenvalue weighted by Crippen LogP contribution is 2.49. The Hall–Kier alpha value is -1.76. The third-order valence-electron chi connectivity index (χ3n) is 6.03. The van der Waals surface area contributed by atoms with Gasteiger partial charge in [-0.3, -0.25) is 4.90 Å². The van der Waals surface area contributed by atoms with Gasteiger partial charge in [-0.05, 0) is 56.5 Å². The van der Waals surface area contributed by atoms with Gasteiger partial charge in [-0.15, -0.1) is 0 Å². The number of hydrogen-bond acceptors (Lipinski definition) is 6. The first-order chi connectivity index (χ1) is 13.0. The SMILES string of the molecule is CCCCN1CCc2cc3c(cc2C2=C(O)[C@H]4OC(C)(C)O[C@H]4[C@@H]21)OCO3. The number of hydrogen-bond donors (Lipinski definition) is 1. The summed E-state index contributed by atoms with van der Waals surface area (Å²) < 4.78 is 23.5. The molecule has 6 nitrogen and oxygen atoms in total. The molecule has 4 aliphatic rings. The lowest BCUT2D eigenvalue weighted by Gasteiger charge is -2.32. The Kier molecular flexibility index (Phi) is 3.93. The summed E-state index contributed by atoms with van der Waals surface area (Å²) in [7, 11) is 0. The minimum Gasteiger partial charge on any atom is -0.509 e. The summed E-state index contributed by atoms with van der Waals surface area (Å²) in [5.74, 6) is 1.15. The molecule has 1 aliphatic carbocycles. The molecule has 0 bridgehead atoms. The standard InChI is InChI=1S/C21H27NO5/c1-4-5-7-22-8-6-12-9-14-15(25-11-24-14)10-13(12)16-17(22)19-20(18(16)23)27-21(2,3)26-19/h9-10,17,19-20,23H,4-8,11H2,1-3H3/t17-,19+,20-/m1/s1. The van der Waals surface area contributed by atoms with Gasteiger partial charge in [-0.25, -0.2) is 0 Å². The van der Waals surface area contributed by atoms with Gasteiger partial charge in [0.2, 0.25) is 6.79 Å². The first-order valence-electron chi connectivity index (χ1n) is 9.94. The number of unbranched alkanes of at least 4 members (excludes halogenated alkanes) is 1. The number of benzene rings is 1. The molecule has 27 heavy (non-hydrogen) atoms. The number of aliphatic hydroxyl groups is 1. The molecule has 1 fully saturated rings. The lowest BCUT2D eigenvalue weighted by molar-refractivity contribution is -0.151. The Morgan fingerprint density at radius 3 is 2.74 bits per heavy atom. The van der Waals surface area contributed by atoms with Gasteiger partial charge < -0.3 is 24.1 Å². The maximum absolute atomic E-state index is 11.2. The topological polar surface area (TPSA) is 60.4 Å². The van der Waals surface area contributed by atoms with Gasteiger partial charge in [-0.2, -0.15) is 0 Å². The predicted molar refractivity (Wildman–Crippen MR) is 99.9 cm³/mol. The van der Waals surface area contributed by atoms with E-state index in [1.165, 1.54) is 5.56 Å². The Morgan fingerprint density at radius 2 is 1.96 bits per heavy atom. The zero-order valence-electron chi connectivity index (χ0n) is 16.2. The molecule has 3 heterocycles. The van der Waals surface area contributed by atoms with Crippen molar-refractivity contribution in [3.8, 4) is 11.5 Å². The first-order valence-corrected chi connectivity index (χ1v) is 9.94. The molecule has 0 unspecified atom stereocenters. The molecule has 1 aromatic rings. The average molecular weight is 373 g/mol. The van der Waals surface area contributed by atoms with Crippen molar-refractivity contribution in [2.45, 2.75) is 64.1 Å². The summed E-state index contributed by atoms with van der Waals surface area (Å²) in [5.41, 5.74) is 3.16. The van der Waals surface area contributed by atoms with Crippen LogP contribution in [0.2, 0.25) is 0 Å². The summed E-state index contributed by atoms with van der Waals surface area (Å²) in [6.45, 7) is 8.18. The number of nitrogens with zero attached hydrogens (tertiary/aromatic N) is 1. The smallest absolute Gasteiger partial charge is 0.231 e. The van der Waals surface area contributed by atoms with E-state index >= 15 is 0 Å². The van der Waals surface area contributed by atoms with Crippen LogP contribution in [0.3, 0.4) is 0 Å². The molecule has 1 saturated heterocycles. The van der Waals surface area contributed by atoms with Crippen molar-refractivity contribution in [3.63, 3.8) is 0 Å². The molecule has 0 saturated carbocycles. The molecule has 3 aliphatic heterocycles. The van der Waals surface area contributed by atoms with Crippen LogP contribution in [0.15, 0.2) is 17.9 Å². The third kappa shape index (κ3) is 2.65. The highest BCUT2D eigenvalue weighted by atomic mass is 16.8. The average Bonchev–Trinajstić information content (AvgIpc) is 3.24. The van der Waals surface area contributed by atoms with Gasteiger partial charge >= 0.3 is 0 Å². The van der Waals surface area contributed by atoms with E-state index in [-0.39, 0.29) is 18.9 Å². The zero-order chi connectivity index (χ0) is 18.8. The van der Waals surface area contributed by atoms with Crippen molar-refractivity contribution in [1.29, 1.82) is 0 Å². The number of rotatable bonds is 3. The van der Waals surface area contributed by atoms with Gasteiger partial charge in [-0.1, -0.05) is 13.3 Å². The van der Waals surface area contributed by atoms with Crippen LogP contribution in [0.1, 0.15) is 44.7 Å². The Labute approximate surface area is 159 Å². The molecular formula is C21H27NO5. The van der Waals surface area contributed by atoms with E-state index in [9.17, 15) is 5.11 Å². The maximum atomic E-state index is 11.2. The monoisotopic (exact) mass is 373 g/mol. The number of aliphatic hydroxyl groups excluding tert-OH is 1. The van der Waals surface area contributed by atoms with Crippen LogP contribution in [-0.4, -0.2) is 53.9 Å². The fourth-order valence-corrected chi connectivity index (χ4v) is 4.85. The van der Waals surface area contributed by atoms with Crippen LogP contribution in [-0.2, 0) is 15.9 Å². The van der Waals surface area contributed by atoms with E-state index in [4.69, 9.17) is 18.9 Å². The van der Waals surface area contributed by atoms with Gasteiger partial charge in [0.05, 0.1) is 6.04 Å². The van der Waals surface area contributed by atoms with Crippen molar-refractivity contribution < 1.29 is 24.1 Å².